The van der Waals surface area contributed by atoms with E-state index in [9.17, 15) is 14.9 Å². The lowest BCUT2D eigenvalue weighted by atomic mass is 9.87. The van der Waals surface area contributed by atoms with Gasteiger partial charge in [0.25, 0.3) is 5.69 Å². The highest BCUT2D eigenvalue weighted by Crippen LogP contribution is 2.28. The average Bonchev–Trinajstić information content (AvgIpc) is 2.48. The van der Waals surface area contributed by atoms with Gasteiger partial charge in [-0.25, -0.2) is 4.98 Å². The first-order chi connectivity index (χ1) is 9.60. The minimum Gasteiger partial charge on any atom is -0.474 e. The molecule has 0 saturated heterocycles. The van der Waals surface area contributed by atoms with Crippen LogP contribution in [-0.2, 0) is 9.53 Å². The first-order valence-corrected chi connectivity index (χ1v) is 6.45. The lowest BCUT2D eigenvalue weighted by Crippen LogP contribution is -2.28. The summed E-state index contributed by atoms with van der Waals surface area (Å²) in [6.07, 6.45) is 4.12. The molecule has 7 heteroatoms. The number of aromatic nitrogens is 1. The third-order valence-corrected chi connectivity index (χ3v) is 3.43. The third kappa shape index (κ3) is 3.43. The van der Waals surface area contributed by atoms with Crippen LogP contribution in [0, 0.1) is 16.0 Å². The van der Waals surface area contributed by atoms with E-state index in [0.29, 0.717) is 5.88 Å². The monoisotopic (exact) mass is 280 g/mol. The number of methoxy groups -OCH3 is 1. The van der Waals surface area contributed by atoms with Gasteiger partial charge in [0.2, 0.25) is 5.88 Å². The standard InChI is InChI=1S/C13H16N2O5/c1-19-13(16)9-2-5-11(6-3-9)20-12-7-4-10(8-14-12)15(17)18/h4,7-9,11H,2-3,5-6H2,1H3/t9-,11+. The van der Waals surface area contributed by atoms with Crippen molar-refractivity contribution in [1.29, 1.82) is 0 Å². The van der Waals surface area contributed by atoms with Gasteiger partial charge < -0.3 is 9.47 Å². The number of hydrogen-bond donors (Lipinski definition) is 0. The second-order valence-corrected chi connectivity index (χ2v) is 4.73. The molecule has 20 heavy (non-hydrogen) atoms. The molecule has 0 spiro atoms. The predicted octanol–water partition coefficient (Wildman–Crippen LogP) is 2.10. The Labute approximate surface area is 116 Å². The molecule has 0 radical (unpaired) electrons. The fraction of sp³-hybridized carbons (Fsp3) is 0.538. The largest absolute Gasteiger partial charge is 0.474 e. The zero-order valence-corrected chi connectivity index (χ0v) is 11.2. The number of carbonyl (C=O) groups excluding carboxylic acids is 1. The van der Waals surface area contributed by atoms with Gasteiger partial charge in [0.05, 0.1) is 18.0 Å². The summed E-state index contributed by atoms with van der Waals surface area (Å²) in [4.78, 5) is 25.3. The number of esters is 1. The lowest BCUT2D eigenvalue weighted by Gasteiger charge is -2.26. The fourth-order valence-corrected chi connectivity index (χ4v) is 2.30. The molecule has 1 aliphatic carbocycles. The normalized spacial score (nSPS) is 22.1. The topological polar surface area (TPSA) is 91.6 Å². The van der Waals surface area contributed by atoms with E-state index in [4.69, 9.17) is 9.47 Å². The molecule has 108 valence electrons. The Balaban J connectivity index is 1.86. The second-order valence-electron chi connectivity index (χ2n) is 4.73. The van der Waals surface area contributed by atoms with Crippen molar-refractivity contribution in [3.05, 3.63) is 28.4 Å². The number of carbonyl (C=O) groups is 1. The van der Waals surface area contributed by atoms with Gasteiger partial charge >= 0.3 is 5.97 Å². The summed E-state index contributed by atoms with van der Waals surface area (Å²) in [5.41, 5.74) is -0.0632. The second kappa shape index (κ2) is 6.31. The van der Waals surface area contributed by atoms with Gasteiger partial charge in [-0.1, -0.05) is 0 Å². The average molecular weight is 280 g/mol. The van der Waals surface area contributed by atoms with E-state index in [1.807, 2.05) is 0 Å². The third-order valence-electron chi connectivity index (χ3n) is 3.43. The van der Waals surface area contributed by atoms with Gasteiger partial charge in [-0.2, -0.15) is 0 Å². The first kappa shape index (κ1) is 14.2. The number of ether oxygens (including phenoxy) is 2. The molecule has 0 aliphatic heterocycles. The fourth-order valence-electron chi connectivity index (χ4n) is 2.30. The molecule has 2 rings (SSSR count). The summed E-state index contributed by atoms with van der Waals surface area (Å²) >= 11 is 0. The molecule has 0 atom stereocenters. The van der Waals surface area contributed by atoms with Gasteiger partial charge in [0, 0.05) is 12.1 Å². The zero-order chi connectivity index (χ0) is 14.5. The molecular weight excluding hydrogens is 264 g/mol. The molecule has 0 aromatic carbocycles. The van der Waals surface area contributed by atoms with Crippen molar-refractivity contribution in [2.45, 2.75) is 31.8 Å². The highest BCUT2D eigenvalue weighted by atomic mass is 16.6. The van der Waals surface area contributed by atoms with Crippen LogP contribution in [0.2, 0.25) is 0 Å². The molecule has 0 unspecified atom stereocenters. The maximum atomic E-state index is 11.4. The molecule has 1 aliphatic rings. The maximum absolute atomic E-state index is 11.4. The van der Waals surface area contributed by atoms with E-state index >= 15 is 0 Å². The molecule has 1 aromatic heterocycles. The first-order valence-electron chi connectivity index (χ1n) is 6.45. The molecule has 0 amide bonds. The quantitative estimate of drug-likeness (QED) is 0.476. The Bertz CT molecular complexity index is 480. The van der Waals surface area contributed by atoms with E-state index in [-0.39, 0.29) is 23.7 Å². The van der Waals surface area contributed by atoms with Crippen LogP contribution in [0.1, 0.15) is 25.7 Å². The van der Waals surface area contributed by atoms with Crippen molar-refractivity contribution in [2.75, 3.05) is 7.11 Å². The molecule has 0 bridgehead atoms. The van der Waals surface area contributed by atoms with Crippen molar-refractivity contribution in [1.82, 2.24) is 4.98 Å². The van der Waals surface area contributed by atoms with Crippen LogP contribution >= 0.6 is 0 Å². The van der Waals surface area contributed by atoms with Crippen molar-refractivity contribution in [3.8, 4) is 5.88 Å². The Kier molecular flexibility index (Phi) is 4.49. The summed E-state index contributed by atoms with van der Waals surface area (Å²) in [5, 5.41) is 10.5. The van der Waals surface area contributed by atoms with Crippen LogP contribution < -0.4 is 4.74 Å². The van der Waals surface area contributed by atoms with Gasteiger partial charge in [-0.3, -0.25) is 14.9 Å². The molecule has 1 saturated carbocycles. The number of nitrogens with zero attached hydrogens (tertiary/aromatic N) is 2. The summed E-state index contributed by atoms with van der Waals surface area (Å²) in [6, 6.07) is 2.85. The van der Waals surface area contributed by atoms with Crippen molar-refractivity contribution >= 4 is 11.7 Å². The summed E-state index contributed by atoms with van der Waals surface area (Å²) in [6.45, 7) is 0. The van der Waals surface area contributed by atoms with Crippen molar-refractivity contribution in [3.63, 3.8) is 0 Å². The van der Waals surface area contributed by atoms with E-state index in [2.05, 4.69) is 4.98 Å². The maximum Gasteiger partial charge on any atom is 0.308 e. The zero-order valence-electron chi connectivity index (χ0n) is 11.2. The Hall–Kier alpha value is -2.18. The Morgan fingerprint density at radius 2 is 2.05 bits per heavy atom. The van der Waals surface area contributed by atoms with E-state index in [1.54, 1.807) is 0 Å². The Morgan fingerprint density at radius 3 is 2.55 bits per heavy atom. The lowest BCUT2D eigenvalue weighted by molar-refractivity contribution is -0.385. The summed E-state index contributed by atoms with van der Waals surface area (Å²) in [5.74, 6) is 0.152. The molecule has 1 fully saturated rings. The van der Waals surface area contributed by atoms with Crippen LogP contribution in [0.3, 0.4) is 0 Å². The molecule has 1 aromatic rings. The van der Waals surface area contributed by atoms with Crippen molar-refractivity contribution < 1.29 is 19.2 Å². The van der Waals surface area contributed by atoms with Gasteiger partial charge in [-0.05, 0) is 25.7 Å². The van der Waals surface area contributed by atoms with Gasteiger partial charge in [-0.15, -0.1) is 0 Å². The minimum atomic E-state index is -0.502. The molecule has 1 heterocycles. The van der Waals surface area contributed by atoms with Crippen LogP contribution in [0.5, 0.6) is 5.88 Å². The number of rotatable bonds is 4. The summed E-state index contributed by atoms with van der Waals surface area (Å²) in [7, 11) is 1.39. The van der Waals surface area contributed by atoms with Crippen LogP contribution in [0.25, 0.3) is 0 Å². The summed E-state index contributed by atoms with van der Waals surface area (Å²) < 4.78 is 10.4. The van der Waals surface area contributed by atoms with E-state index in [1.165, 1.54) is 25.4 Å². The van der Waals surface area contributed by atoms with Gasteiger partial charge in [0.1, 0.15) is 12.3 Å². The molecule has 7 nitrogen and oxygen atoms in total. The highest BCUT2D eigenvalue weighted by molar-refractivity contribution is 5.72. The van der Waals surface area contributed by atoms with Crippen LogP contribution in [0.15, 0.2) is 18.3 Å². The number of nitro groups is 1. The SMILES string of the molecule is COC(=O)[C@H]1CC[C@@H](Oc2ccc([N+](=O)[O-])cn2)CC1. The van der Waals surface area contributed by atoms with E-state index in [0.717, 1.165) is 25.7 Å². The predicted molar refractivity (Wildman–Crippen MR) is 69.3 cm³/mol. The van der Waals surface area contributed by atoms with E-state index < -0.39 is 4.92 Å². The highest BCUT2D eigenvalue weighted by Gasteiger charge is 2.28. The number of pyridine rings is 1. The van der Waals surface area contributed by atoms with Crippen LogP contribution in [-0.4, -0.2) is 29.1 Å². The van der Waals surface area contributed by atoms with Crippen LogP contribution in [0.4, 0.5) is 5.69 Å². The Morgan fingerprint density at radius 1 is 1.35 bits per heavy atom. The minimum absolute atomic E-state index is 0.00939. The smallest absolute Gasteiger partial charge is 0.308 e. The molecule has 0 N–H and O–H groups in total. The number of hydrogen-bond acceptors (Lipinski definition) is 6. The molecular formula is C13H16N2O5. The van der Waals surface area contributed by atoms with Crippen molar-refractivity contribution in [2.24, 2.45) is 5.92 Å². The van der Waals surface area contributed by atoms with Gasteiger partial charge in [0.15, 0.2) is 0 Å².